The second-order valence-electron chi connectivity index (χ2n) is 4.08. The van der Waals surface area contributed by atoms with E-state index in [1.165, 1.54) is 12.3 Å². The lowest BCUT2D eigenvalue weighted by Crippen LogP contribution is -2.07. The van der Waals surface area contributed by atoms with Crippen LogP contribution >= 0.6 is 15.9 Å². The average molecular weight is 323 g/mol. The number of hydrogen-bond donors (Lipinski definition) is 1. The zero-order chi connectivity index (χ0) is 13.8. The molecule has 2 rings (SSSR count). The molecule has 0 fully saturated rings. The lowest BCUT2D eigenvalue weighted by atomic mass is 10.0. The zero-order valence-electron chi connectivity index (χ0n) is 10.1. The van der Waals surface area contributed by atoms with E-state index in [2.05, 4.69) is 20.9 Å². The van der Waals surface area contributed by atoms with Gasteiger partial charge in [-0.2, -0.15) is 0 Å². The molecule has 2 aromatic rings. The Morgan fingerprint density at radius 3 is 2.79 bits per heavy atom. The van der Waals surface area contributed by atoms with Crippen LogP contribution in [0.1, 0.15) is 21.6 Å². The van der Waals surface area contributed by atoms with Crippen LogP contribution in [0.5, 0.6) is 0 Å². The third-order valence-corrected chi connectivity index (χ3v) is 3.21. The van der Waals surface area contributed by atoms with Crippen LogP contribution in [0.3, 0.4) is 0 Å². The fourth-order valence-electron chi connectivity index (χ4n) is 1.70. The predicted molar refractivity (Wildman–Crippen MR) is 74.3 cm³/mol. The van der Waals surface area contributed by atoms with Crippen LogP contribution in [-0.4, -0.2) is 10.8 Å². The van der Waals surface area contributed by atoms with E-state index in [4.69, 9.17) is 5.73 Å². The summed E-state index contributed by atoms with van der Waals surface area (Å²) in [5, 5.41) is 0. The first kappa shape index (κ1) is 13.8. The summed E-state index contributed by atoms with van der Waals surface area (Å²) in [4.78, 5) is 16.1. The van der Waals surface area contributed by atoms with Gasteiger partial charge in [0.05, 0.1) is 5.69 Å². The van der Waals surface area contributed by atoms with Crippen LogP contribution in [-0.2, 0) is 13.0 Å². The van der Waals surface area contributed by atoms with Crippen molar-refractivity contribution in [3.8, 4) is 0 Å². The second kappa shape index (κ2) is 6.04. The van der Waals surface area contributed by atoms with Crippen LogP contribution in [0.15, 0.2) is 41.0 Å². The van der Waals surface area contributed by atoms with Crippen molar-refractivity contribution in [1.82, 2.24) is 4.98 Å². The number of halogens is 2. The number of benzene rings is 1. The van der Waals surface area contributed by atoms with Crippen molar-refractivity contribution in [3.05, 3.63) is 63.6 Å². The smallest absolute Gasteiger partial charge is 0.167 e. The van der Waals surface area contributed by atoms with Gasteiger partial charge in [0.15, 0.2) is 5.78 Å². The Morgan fingerprint density at radius 2 is 2.11 bits per heavy atom. The highest BCUT2D eigenvalue weighted by atomic mass is 79.9. The van der Waals surface area contributed by atoms with E-state index in [0.29, 0.717) is 21.3 Å². The number of nitrogens with zero attached hydrogens (tertiary/aromatic N) is 1. The highest BCUT2D eigenvalue weighted by Gasteiger charge is 2.11. The van der Waals surface area contributed by atoms with Crippen LogP contribution in [0.2, 0.25) is 0 Å². The molecule has 19 heavy (non-hydrogen) atoms. The molecule has 0 amide bonds. The summed E-state index contributed by atoms with van der Waals surface area (Å²) >= 11 is 3.18. The van der Waals surface area contributed by atoms with Gasteiger partial charge in [0.1, 0.15) is 5.82 Å². The second-order valence-corrected chi connectivity index (χ2v) is 4.99. The molecule has 0 aliphatic heterocycles. The molecule has 3 nitrogen and oxygen atoms in total. The number of rotatable bonds is 4. The third-order valence-electron chi connectivity index (χ3n) is 2.71. The number of aromatic nitrogens is 1. The van der Waals surface area contributed by atoms with E-state index in [0.717, 1.165) is 0 Å². The molecular formula is C14H12BrFN2O. The fourth-order valence-corrected chi connectivity index (χ4v) is 2.04. The van der Waals surface area contributed by atoms with Gasteiger partial charge in [-0.25, -0.2) is 4.39 Å². The SMILES string of the molecule is NCc1cc(C(=O)Cc2ccc(Br)cc2F)ccn1. The number of carbonyl (C=O) groups excluding carboxylic acids is 1. The van der Waals surface area contributed by atoms with Gasteiger partial charge in [-0.05, 0) is 29.8 Å². The zero-order valence-corrected chi connectivity index (χ0v) is 11.7. The maximum absolute atomic E-state index is 13.7. The first-order chi connectivity index (χ1) is 9.10. The minimum atomic E-state index is -0.393. The largest absolute Gasteiger partial charge is 0.325 e. The van der Waals surface area contributed by atoms with Crippen molar-refractivity contribution >= 4 is 21.7 Å². The van der Waals surface area contributed by atoms with Crippen molar-refractivity contribution in [3.63, 3.8) is 0 Å². The molecule has 0 radical (unpaired) electrons. The number of nitrogens with two attached hydrogens (primary N) is 1. The highest BCUT2D eigenvalue weighted by Crippen LogP contribution is 2.17. The van der Waals surface area contributed by atoms with E-state index in [1.54, 1.807) is 24.3 Å². The van der Waals surface area contributed by atoms with E-state index in [1.807, 2.05) is 0 Å². The van der Waals surface area contributed by atoms with Crippen molar-refractivity contribution in [2.45, 2.75) is 13.0 Å². The van der Waals surface area contributed by atoms with Gasteiger partial charge in [0, 0.05) is 29.2 Å². The van der Waals surface area contributed by atoms with Crippen LogP contribution < -0.4 is 5.73 Å². The van der Waals surface area contributed by atoms with Gasteiger partial charge in [-0.3, -0.25) is 9.78 Å². The molecule has 0 unspecified atom stereocenters. The Balaban J connectivity index is 2.20. The minimum absolute atomic E-state index is 0.0210. The van der Waals surface area contributed by atoms with Crippen LogP contribution in [0.25, 0.3) is 0 Å². The first-order valence-corrected chi connectivity index (χ1v) is 6.51. The minimum Gasteiger partial charge on any atom is -0.325 e. The lowest BCUT2D eigenvalue weighted by molar-refractivity contribution is 0.0991. The van der Waals surface area contributed by atoms with E-state index < -0.39 is 5.82 Å². The summed E-state index contributed by atoms with van der Waals surface area (Å²) in [6.07, 6.45) is 1.56. The number of ketones is 1. The Hall–Kier alpha value is -1.59. The highest BCUT2D eigenvalue weighted by molar-refractivity contribution is 9.10. The molecule has 5 heteroatoms. The molecule has 0 atom stereocenters. The quantitative estimate of drug-likeness (QED) is 0.880. The Kier molecular flexibility index (Phi) is 4.39. The Morgan fingerprint density at radius 1 is 1.32 bits per heavy atom. The summed E-state index contributed by atoms with van der Waals surface area (Å²) in [5.41, 5.74) is 6.99. The van der Waals surface area contributed by atoms with E-state index in [-0.39, 0.29) is 18.7 Å². The first-order valence-electron chi connectivity index (χ1n) is 5.72. The lowest BCUT2D eigenvalue weighted by Gasteiger charge is -2.05. The predicted octanol–water partition coefficient (Wildman–Crippen LogP) is 2.87. The number of Topliss-reactive ketones (excluding diaryl/α,β-unsaturated/α-hetero) is 1. The summed E-state index contributed by atoms with van der Waals surface area (Å²) in [7, 11) is 0. The molecule has 2 N–H and O–H groups in total. The maximum atomic E-state index is 13.7. The maximum Gasteiger partial charge on any atom is 0.167 e. The van der Waals surface area contributed by atoms with Gasteiger partial charge in [-0.15, -0.1) is 0 Å². The van der Waals surface area contributed by atoms with Crippen LogP contribution in [0, 0.1) is 5.82 Å². The van der Waals surface area contributed by atoms with Crippen molar-refractivity contribution in [1.29, 1.82) is 0 Å². The van der Waals surface area contributed by atoms with Gasteiger partial charge in [0.2, 0.25) is 0 Å². The monoisotopic (exact) mass is 322 g/mol. The number of pyridine rings is 1. The molecule has 98 valence electrons. The molecular weight excluding hydrogens is 311 g/mol. The Bertz CT molecular complexity index is 616. The van der Waals surface area contributed by atoms with Gasteiger partial charge < -0.3 is 5.73 Å². The van der Waals surface area contributed by atoms with Gasteiger partial charge >= 0.3 is 0 Å². The van der Waals surface area contributed by atoms with Gasteiger partial charge in [-0.1, -0.05) is 22.0 Å². The topological polar surface area (TPSA) is 56.0 Å². The molecule has 1 heterocycles. The molecule has 1 aromatic heterocycles. The summed E-state index contributed by atoms with van der Waals surface area (Å²) in [6, 6.07) is 7.91. The molecule has 0 aliphatic rings. The third kappa shape index (κ3) is 3.45. The van der Waals surface area contributed by atoms with Crippen LogP contribution in [0.4, 0.5) is 4.39 Å². The van der Waals surface area contributed by atoms with Crippen molar-refractivity contribution in [2.24, 2.45) is 5.73 Å². The fraction of sp³-hybridized carbons (Fsp3) is 0.143. The normalized spacial score (nSPS) is 10.5. The average Bonchev–Trinajstić information content (AvgIpc) is 2.42. The Labute approximate surface area is 118 Å². The number of hydrogen-bond acceptors (Lipinski definition) is 3. The van der Waals surface area contributed by atoms with E-state index >= 15 is 0 Å². The molecule has 0 bridgehead atoms. The summed E-state index contributed by atoms with van der Waals surface area (Å²) in [6.45, 7) is 0.272. The summed E-state index contributed by atoms with van der Waals surface area (Å²) in [5.74, 6) is -0.547. The molecule has 1 aromatic carbocycles. The summed E-state index contributed by atoms with van der Waals surface area (Å²) < 4.78 is 14.3. The molecule has 0 aliphatic carbocycles. The van der Waals surface area contributed by atoms with Crippen molar-refractivity contribution in [2.75, 3.05) is 0 Å². The molecule has 0 saturated carbocycles. The standard InChI is InChI=1S/C14H12BrFN2O/c15-11-2-1-9(13(16)7-11)6-14(19)10-3-4-18-12(5-10)8-17/h1-5,7H,6,8,17H2. The number of carbonyl (C=O) groups is 1. The van der Waals surface area contributed by atoms with E-state index in [9.17, 15) is 9.18 Å². The molecule has 0 saturated heterocycles. The van der Waals surface area contributed by atoms with Crippen molar-refractivity contribution < 1.29 is 9.18 Å². The molecule has 0 spiro atoms. The van der Waals surface area contributed by atoms with Gasteiger partial charge in [0.25, 0.3) is 0 Å².